The molecule has 0 saturated heterocycles. The predicted octanol–water partition coefficient (Wildman–Crippen LogP) is 4.33. The molecule has 0 aliphatic heterocycles. The molecule has 124 valence electrons. The number of methoxy groups -OCH3 is 2. The Morgan fingerprint density at radius 2 is 1.75 bits per heavy atom. The summed E-state index contributed by atoms with van der Waals surface area (Å²) in [5.41, 5.74) is 2.31. The highest BCUT2D eigenvalue weighted by atomic mass is 32.1. The number of nitrogens with zero attached hydrogens (tertiary/aromatic N) is 2. The molecule has 0 amide bonds. The highest BCUT2D eigenvalue weighted by Crippen LogP contribution is 2.39. The van der Waals surface area contributed by atoms with Crippen LogP contribution in [0.1, 0.15) is 23.3 Å². The number of hydrogen-bond donors (Lipinski definition) is 1. The second kappa shape index (κ2) is 6.28. The quantitative estimate of drug-likeness (QED) is 0.765. The van der Waals surface area contributed by atoms with Crippen molar-refractivity contribution in [2.24, 2.45) is 0 Å². The second-order valence-electron chi connectivity index (χ2n) is 5.84. The SMILES string of the molecule is COc1cc(Nc2ncnc3sc4c(c23)CCCC4)cc(OC)c1. The van der Waals surface area contributed by atoms with Gasteiger partial charge in [0, 0.05) is 28.8 Å². The van der Waals surface area contributed by atoms with E-state index in [4.69, 9.17) is 9.47 Å². The fourth-order valence-electron chi connectivity index (χ4n) is 3.20. The highest BCUT2D eigenvalue weighted by Gasteiger charge is 2.20. The smallest absolute Gasteiger partial charge is 0.142 e. The summed E-state index contributed by atoms with van der Waals surface area (Å²) in [7, 11) is 3.30. The molecular formula is C18H19N3O2S. The van der Waals surface area contributed by atoms with E-state index >= 15 is 0 Å². The average molecular weight is 341 g/mol. The molecule has 3 aromatic rings. The molecule has 1 aliphatic carbocycles. The van der Waals surface area contributed by atoms with Crippen molar-refractivity contribution in [1.82, 2.24) is 9.97 Å². The molecule has 2 aromatic heterocycles. The van der Waals surface area contributed by atoms with Gasteiger partial charge in [0.1, 0.15) is 28.5 Å². The van der Waals surface area contributed by atoms with Crippen LogP contribution in [0.15, 0.2) is 24.5 Å². The lowest BCUT2D eigenvalue weighted by Crippen LogP contribution is -2.01. The van der Waals surface area contributed by atoms with E-state index in [9.17, 15) is 0 Å². The summed E-state index contributed by atoms with van der Waals surface area (Å²) in [6, 6.07) is 5.73. The molecule has 5 nitrogen and oxygen atoms in total. The third-order valence-corrected chi connectivity index (χ3v) is 5.57. The molecule has 0 saturated carbocycles. The van der Waals surface area contributed by atoms with E-state index in [-0.39, 0.29) is 0 Å². The number of anilines is 2. The van der Waals surface area contributed by atoms with Crippen molar-refractivity contribution in [3.8, 4) is 11.5 Å². The summed E-state index contributed by atoms with van der Waals surface area (Å²) in [6.07, 6.45) is 6.40. The van der Waals surface area contributed by atoms with Crippen molar-refractivity contribution in [1.29, 1.82) is 0 Å². The molecule has 0 fully saturated rings. The maximum atomic E-state index is 5.35. The van der Waals surface area contributed by atoms with Gasteiger partial charge in [0.2, 0.25) is 0 Å². The first kappa shape index (κ1) is 15.2. The Labute approximate surface area is 144 Å². The average Bonchev–Trinajstić information content (AvgIpc) is 3.01. The number of nitrogens with one attached hydrogen (secondary N) is 1. The normalized spacial score (nSPS) is 13.6. The van der Waals surface area contributed by atoms with E-state index in [0.717, 1.165) is 40.7 Å². The Hall–Kier alpha value is -2.34. The van der Waals surface area contributed by atoms with Crippen molar-refractivity contribution in [2.45, 2.75) is 25.7 Å². The zero-order valence-electron chi connectivity index (χ0n) is 13.8. The van der Waals surface area contributed by atoms with Crippen molar-refractivity contribution in [2.75, 3.05) is 19.5 Å². The minimum Gasteiger partial charge on any atom is -0.497 e. The summed E-state index contributed by atoms with van der Waals surface area (Å²) in [5, 5.41) is 4.59. The van der Waals surface area contributed by atoms with E-state index < -0.39 is 0 Å². The Morgan fingerprint density at radius 3 is 2.50 bits per heavy atom. The minimum absolute atomic E-state index is 0.745. The Morgan fingerprint density at radius 1 is 1.00 bits per heavy atom. The van der Waals surface area contributed by atoms with Gasteiger partial charge in [-0.2, -0.15) is 0 Å². The van der Waals surface area contributed by atoms with Crippen LogP contribution in [0, 0.1) is 0 Å². The van der Waals surface area contributed by atoms with Crippen LogP contribution >= 0.6 is 11.3 Å². The Balaban J connectivity index is 1.79. The first-order valence-electron chi connectivity index (χ1n) is 8.04. The molecule has 0 radical (unpaired) electrons. The first-order chi connectivity index (χ1) is 11.8. The lowest BCUT2D eigenvalue weighted by Gasteiger charge is -2.13. The lowest BCUT2D eigenvalue weighted by molar-refractivity contribution is 0.395. The standard InChI is InChI=1S/C18H19N3O2S/c1-22-12-7-11(8-13(9-12)23-2)21-17-16-14-5-3-4-6-15(14)24-18(16)20-10-19-17/h7-10H,3-6H2,1-2H3,(H,19,20,21). The van der Waals surface area contributed by atoms with E-state index in [1.807, 2.05) is 18.2 Å². The Bertz CT molecular complexity index is 869. The van der Waals surface area contributed by atoms with Gasteiger partial charge in [-0.1, -0.05) is 0 Å². The fourth-order valence-corrected chi connectivity index (χ4v) is 4.43. The molecule has 1 aliphatic rings. The molecule has 0 bridgehead atoms. The zero-order valence-corrected chi connectivity index (χ0v) is 14.6. The number of aryl methyl sites for hydroxylation is 2. The third-order valence-electron chi connectivity index (χ3n) is 4.37. The van der Waals surface area contributed by atoms with Crippen LogP contribution in [-0.4, -0.2) is 24.2 Å². The van der Waals surface area contributed by atoms with Crippen molar-refractivity contribution in [3.63, 3.8) is 0 Å². The number of benzene rings is 1. The highest BCUT2D eigenvalue weighted by molar-refractivity contribution is 7.19. The van der Waals surface area contributed by atoms with Crippen LogP contribution in [0.4, 0.5) is 11.5 Å². The topological polar surface area (TPSA) is 56.3 Å². The maximum absolute atomic E-state index is 5.35. The van der Waals surface area contributed by atoms with E-state index in [0.29, 0.717) is 0 Å². The summed E-state index contributed by atoms with van der Waals surface area (Å²) >= 11 is 1.80. The molecule has 0 unspecified atom stereocenters. The summed E-state index contributed by atoms with van der Waals surface area (Å²) in [4.78, 5) is 11.5. The predicted molar refractivity (Wildman–Crippen MR) is 96.9 cm³/mol. The van der Waals surface area contributed by atoms with Gasteiger partial charge in [-0.05, 0) is 31.2 Å². The van der Waals surface area contributed by atoms with Crippen LogP contribution in [0.3, 0.4) is 0 Å². The van der Waals surface area contributed by atoms with Crippen LogP contribution < -0.4 is 14.8 Å². The Kier molecular flexibility index (Phi) is 3.98. The van der Waals surface area contributed by atoms with E-state index in [1.54, 1.807) is 31.9 Å². The molecule has 2 heterocycles. The van der Waals surface area contributed by atoms with Gasteiger partial charge in [-0.3, -0.25) is 0 Å². The minimum atomic E-state index is 0.745. The van der Waals surface area contributed by atoms with Crippen LogP contribution in [-0.2, 0) is 12.8 Å². The van der Waals surface area contributed by atoms with Crippen LogP contribution in [0.2, 0.25) is 0 Å². The lowest BCUT2D eigenvalue weighted by atomic mass is 9.97. The number of thiophene rings is 1. The van der Waals surface area contributed by atoms with Gasteiger partial charge in [-0.15, -0.1) is 11.3 Å². The van der Waals surface area contributed by atoms with Crippen molar-refractivity contribution in [3.05, 3.63) is 35.0 Å². The van der Waals surface area contributed by atoms with Gasteiger partial charge in [0.05, 0.1) is 19.6 Å². The molecule has 24 heavy (non-hydrogen) atoms. The van der Waals surface area contributed by atoms with Gasteiger partial charge in [0.25, 0.3) is 0 Å². The van der Waals surface area contributed by atoms with Gasteiger partial charge < -0.3 is 14.8 Å². The molecular weight excluding hydrogens is 322 g/mol. The third kappa shape index (κ3) is 2.67. The van der Waals surface area contributed by atoms with Crippen molar-refractivity contribution < 1.29 is 9.47 Å². The summed E-state index contributed by atoms with van der Waals surface area (Å²) < 4.78 is 10.7. The second-order valence-corrected chi connectivity index (χ2v) is 6.92. The zero-order chi connectivity index (χ0) is 16.5. The van der Waals surface area contributed by atoms with Crippen molar-refractivity contribution >= 4 is 33.1 Å². The molecule has 6 heteroatoms. The van der Waals surface area contributed by atoms with Gasteiger partial charge in [-0.25, -0.2) is 9.97 Å². The molecule has 1 aromatic carbocycles. The molecule has 0 spiro atoms. The number of hydrogen-bond acceptors (Lipinski definition) is 6. The maximum Gasteiger partial charge on any atom is 0.142 e. The van der Waals surface area contributed by atoms with Crippen LogP contribution in [0.5, 0.6) is 11.5 Å². The van der Waals surface area contributed by atoms with E-state index in [2.05, 4.69) is 15.3 Å². The van der Waals surface area contributed by atoms with Crippen LogP contribution in [0.25, 0.3) is 10.2 Å². The molecule has 0 atom stereocenters. The van der Waals surface area contributed by atoms with Gasteiger partial charge >= 0.3 is 0 Å². The molecule has 4 rings (SSSR count). The number of ether oxygens (including phenoxy) is 2. The number of aromatic nitrogens is 2. The van der Waals surface area contributed by atoms with E-state index in [1.165, 1.54) is 28.7 Å². The molecule has 1 N–H and O–H groups in total. The number of fused-ring (bicyclic) bond motifs is 3. The first-order valence-corrected chi connectivity index (χ1v) is 8.85. The fraction of sp³-hybridized carbons (Fsp3) is 0.333. The monoisotopic (exact) mass is 341 g/mol. The van der Waals surface area contributed by atoms with Gasteiger partial charge in [0.15, 0.2) is 0 Å². The number of rotatable bonds is 4. The summed E-state index contributed by atoms with van der Waals surface area (Å²) in [6.45, 7) is 0. The summed E-state index contributed by atoms with van der Waals surface area (Å²) in [5.74, 6) is 2.35. The largest absolute Gasteiger partial charge is 0.497 e.